The Bertz CT molecular complexity index is 990. The van der Waals surface area contributed by atoms with Crippen molar-refractivity contribution in [2.24, 2.45) is 10.2 Å². The molecule has 3 aromatic rings. The maximum atomic E-state index is 12.6. The number of anilines is 1. The van der Waals surface area contributed by atoms with Crippen LogP contribution >= 0.6 is 0 Å². The van der Waals surface area contributed by atoms with Crippen LogP contribution in [0.1, 0.15) is 61.0 Å². The molecule has 0 spiro atoms. The summed E-state index contributed by atoms with van der Waals surface area (Å²) in [6.07, 6.45) is 0. The molecule has 148 valence electrons. The number of azo groups is 1. The number of hydrogen-bond acceptors (Lipinski definition) is 3. The van der Waals surface area contributed by atoms with Crippen LogP contribution in [-0.2, 0) is 0 Å². The number of benzene rings is 3. The summed E-state index contributed by atoms with van der Waals surface area (Å²) in [6, 6.07) is 23.1. The van der Waals surface area contributed by atoms with Gasteiger partial charge in [0.15, 0.2) is 0 Å². The van der Waals surface area contributed by atoms with Crippen molar-refractivity contribution in [1.82, 2.24) is 0 Å². The monoisotopic (exact) mass is 385 g/mol. The SMILES string of the molecule is CC(C)c1ccc(N=Nc2ccc(C(C)C)cc2NC(=O)c2ccccc2)cc1. The Labute approximate surface area is 172 Å². The van der Waals surface area contributed by atoms with E-state index in [9.17, 15) is 4.79 Å². The van der Waals surface area contributed by atoms with E-state index in [1.54, 1.807) is 12.1 Å². The first-order valence-corrected chi connectivity index (χ1v) is 9.96. The lowest BCUT2D eigenvalue weighted by atomic mass is 10.0. The molecule has 0 radical (unpaired) electrons. The van der Waals surface area contributed by atoms with E-state index >= 15 is 0 Å². The van der Waals surface area contributed by atoms with Gasteiger partial charge in [0.25, 0.3) is 5.91 Å². The first-order chi connectivity index (χ1) is 13.9. The Morgan fingerprint density at radius 1 is 0.759 bits per heavy atom. The van der Waals surface area contributed by atoms with Gasteiger partial charge in [-0.05, 0) is 59.4 Å². The molecule has 0 saturated carbocycles. The third-order valence-corrected chi connectivity index (χ3v) is 4.80. The quantitative estimate of drug-likeness (QED) is 0.436. The number of rotatable bonds is 6. The van der Waals surface area contributed by atoms with Crippen LogP contribution in [-0.4, -0.2) is 5.91 Å². The van der Waals surface area contributed by atoms with Crippen LogP contribution in [0.5, 0.6) is 0 Å². The number of carbonyl (C=O) groups is 1. The largest absolute Gasteiger partial charge is 0.320 e. The van der Waals surface area contributed by atoms with Gasteiger partial charge < -0.3 is 5.32 Å². The molecule has 3 rings (SSSR count). The predicted molar refractivity (Wildman–Crippen MR) is 120 cm³/mol. The van der Waals surface area contributed by atoms with E-state index in [0.717, 1.165) is 11.3 Å². The van der Waals surface area contributed by atoms with Crippen molar-refractivity contribution in [2.75, 3.05) is 5.32 Å². The maximum Gasteiger partial charge on any atom is 0.255 e. The zero-order valence-corrected chi connectivity index (χ0v) is 17.4. The lowest BCUT2D eigenvalue weighted by Gasteiger charge is -2.12. The third kappa shape index (κ3) is 5.38. The summed E-state index contributed by atoms with van der Waals surface area (Å²) in [5.41, 5.74) is 5.08. The molecular weight excluding hydrogens is 358 g/mol. The highest BCUT2D eigenvalue weighted by Gasteiger charge is 2.11. The van der Waals surface area contributed by atoms with E-state index in [1.807, 2.05) is 48.5 Å². The minimum atomic E-state index is -0.163. The summed E-state index contributed by atoms with van der Waals surface area (Å²) in [5, 5.41) is 11.8. The second kappa shape index (κ2) is 9.28. The maximum absolute atomic E-state index is 12.6. The molecule has 0 aromatic heterocycles. The molecule has 0 aliphatic rings. The van der Waals surface area contributed by atoms with Gasteiger partial charge in [-0.1, -0.05) is 64.1 Å². The fraction of sp³-hybridized carbons (Fsp3) is 0.240. The van der Waals surface area contributed by atoms with E-state index in [0.29, 0.717) is 28.8 Å². The Kier molecular flexibility index (Phi) is 6.55. The summed E-state index contributed by atoms with van der Waals surface area (Å²) in [6.45, 7) is 8.56. The lowest BCUT2D eigenvalue weighted by Crippen LogP contribution is -2.12. The summed E-state index contributed by atoms with van der Waals surface area (Å²) in [4.78, 5) is 12.6. The van der Waals surface area contributed by atoms with Crippen LogP contribution in [0.3, 0.4) is 0 Å². The number of hydrogen-bond donors (Lipinski definition) is 1. The van der Waals surface area contributed by atoms with Crippen LogP contribution in [0.15, 0.2) is 83.0 Å². The van der Waals surface area contributed by atoms with E-state index in [1.165, 1.54) is 5.56 Å². The van der Waals surface area contributed by atoms with Crippen LogP contribution < -0.4 is 5.32 Å². The molecule has 0 atom stereocenters. The standard InChI is InChI=1S/C25H27N3O/c1-17(2)19-10-13-22(14-11-19)27-28-23-15-12-21(18(3)4)16-24(23)26-25(29)20-8-6-5-7-9-20/h5-18H,1-4H3,(H,26,29). The molecule has 1 N–H and O–H groups in total. The van der Waals surface area contributed by atoms with Crippen molar-refractivity contribution in [3.05, 3.63) is 89.5 Å². The van der Waals surface area contributed by atoms with E-state index < -0.39 is 0 Å². The zero-order valence-electron chi connectivity index (χ0n) is 17.4. The average Bonchev–Trinajstić information content (AvgIpc) is 2.73. The number of amides is 1. The van der Waals surface area contributed by atoms with Crippen molar-refractivity contribution >= 4 is 23.0 Å². The van der Waals surface area contributed by atoms with Gasteiger partial charge in [-0.15, -0.1) is 5.11 Å². The van der Waals surface area contributed by atoms with Crippen molar-refractivity contribution in [1.29, 1.82) is 0 Å². The van der Waals surface area contributed by atoms with Crippen molar-refractivity contribution in [3.8, 4) is 0 Å². The highest BCUT2D eigenvalue weighted by Crippen LogP contribution is 2.31. The van der Waals surface area contributed by atoms with Crippen LogP contribution in [0.25, 0.3) is 0 Å². The van der Waals surface area contributed by atoms with Gasteiger partial charge in [-0.3, -0.25) is 4.79 Å². The van der Waals surface area contributed by atoms with Crippen LogP contribution in [0.2, 0.25) is 0 Å². The molecule has 0 saturated heterocycles. The third-order valence-electron chi connectivity index (χ3n) is 4.80. The molecule has 1 amide bonds. The summed E-state index contributed by atoms with van der Waals surface area (Å²) < 4.78 is 0. The second-order valence-corrected chi connectivity index (χ2v) is 7.70. The topological polar surface area (TPSA) is 53.8 Å². The first kappa shape index (κ1) is 20.5. The summed E-state index contributed by atoms with van der Waals surface area (Å²) in [5.74, 6) is 0.658. The fourth-order valence-electron chi connectivity index (χ4n) is 2.92. The predicted octanol–water partition coefficient (Wildman–Crippen LogP) is 7.60. The highest BCUT2D eigenvalue weighted by molar-refractivity contribution is 6.05. The molecule has 0 bridgehead atoms. The Morgan fingerprint density at radius 2 is 1.38 bits per heavy atom. The molecule has 29 heavy (non-hydrogen) atoms. The number of carbonyl (C=O) groups excluding carboxylic acids is 1. The number of nitrogens with zero attached hydrogens (tertiary/aromatic N) is 2. The van der Waals surface area contributed by atoms with Crippen molar-refractivity contribution in [2.45, 2.75) is 39.5 Å². The molecule has 4 nitrogen and oxygen atoms in total. The van der Waals surface area contributed by atoms with Gasteiger partial charge in [0.2, 0.25) is 0 Å². The normalized spacial score (nSPS) is 11.4. The second-order valence-electron chi connectivity index (χ2n) is 7.70. The van der Waals surface area contributed by atoms with Crippen LogP contribution in [0, 0.1) is 0 Å². The lowest BCUT2D eigenvalue weighted by molar-refractivity contribution is 0.102. The molecule has 0 aliphatic heterocycles. The minimum Gasteiger partial charge on any atom is -0.320 e. The minimum absolute atomic E-state index is 0.163. The van der Waals surface area contributed by atoms with Crippen molar-refractivity contribution in [3.63, 3.8) is 0 Å². The molecule has 3 aromatic carbocycles. The summed E-state index contributed by atoms with van der Waals surface area (Å²) in [7, 11) is 0. The Morgan fingerprint density at radius 3 is 2.00 bits per heavy atom. The van der Waals surface area contributed by atoms with Gasteiger partial charge in [-0.25, -0.2) is 0 Å². The Hall–Kier alpha value is -3.27. The molecule has 0 unspecified atom stereocenters. The Balaban J connectivity index is 1.88. The van der Waals surface area contributed by atoms with E-state index in [4.69, 9.17) is 0 Å². The average molecular weight is 386 g/mol. The fourth-order valence-corrected chi connectivity index (χ4v) is 2.92. The zero-order chi connectivity index (χ0) is 20.8. The molecule has 0 aliphatic carbocycles. The van der Waals surface area contributed by atoms with E-state index in [-0.39, 0.29) is 5.91 Å². The molecule has 0 fully saturated rings. The van der Waals surface area contributed by atoms with E-state index in [2.05, 4.69) is 55.4 Å². The summed E-state index contributed by atoms with van der Waals surface area (Å²) >= 11 is 0. The molecule has 4 heteroatoms. The smallest absolute Gasteiger partial charge is 0.255 e. The number of nitrogens with one attached hydrogen (secondary N) is 1. The first-order valence-electron chi connectivity index (χ1n) is 9.96. The highest BCUT2D eigenvalue weighted by atomic mass is 16.1. The van der Waals surface area contributed by atoms with Gasteiger partial charge in [0.05, 0.1) is 11.4 Å². The molecular formula is C25H27N3O. The molecule has 0 heterocycles. The van der Waals surface area contributed by atoms with Crippen LogP contribution in [0.4, 0.5) is 17.1 Å². The van der Waals surface area contributed by atoms with Crippen molar-refractivity contribution < 1.29 is 4.79 Å². The van der Waals surface area contributed by atoms with Gasteiger partial charge in [-0.2, -0.15) is 5.11 Å². The van der Waals surface area contributed by atoms with Gasteiger partial charge in [0, 0.05) is 5.56 Å². The van der Waals surface area contributed by atoms with Gasteiger partial charge >= 0.3 is 0 Å². The van der Waals surface area contributed by atoms with Gasteiger partial charge in [0.1, 0.15) is 5.69 Å².